The molecule has 3 rings (SSSR count). The molecular weight excluding hydrogens is 377 g/mol. The summed E-state index contributed by atoms with van der Waals surface area (Å²) >= 11 is 0. The number of halogens is 3. The summed E-state index contributed by atoms with van der Waals surface area (Å²) < 4.78 is 45.2. The van der Waals surface area contributed by atoms with Gasteiger partial charge in [0.25, 0.3) is 0 Å². The van der Waals surface area contributed by atoms with Crippen LogP contribution in [0.1, 0.15) is 24.0 Å². The van der Waals surface area contributed by atoms with E-state index in [0.717, 1.165) is 17.8 Å². The number of nitrogens with one attached hydrogen (secondary N) is 1. The first-order valence-electron chi connectivity index (χ1n) is 8.87. The molecule has 0 bridgehead atoms. The van der Waals surface area contributed by atoms with Crippen molar-refractivity contribution < 1.29 is 28.1 Å². The van der Waals surface area contributed by atoms with Crippen molar-refractivity contribution in [1.82, 2.24) is 20.1 Å². The molecule has 1 unspecified atom stereocenters. The van der Waals surface area contributed by atoms with Crippen molar-refractivity contribution in [2.75, 3.05) is 13.2 Å². The smallest absolute Gasteiger partial charge is 0.417 e. The van der Waals surface area contributed by atoms with E-state index in [1.165, 1.54) is 6.07 Å². The second kappa shape index (κ2) is 8.06. The molecule has 2 aromatic rings. The molecule has 10 heteroatoms. The lowest BCUT2D eigenvalue weighted by molar-refractivity contribution is -0.137. The number of nitrogens with zero attached hydrogens (tertiary/aromatic N) is 3. The molecule has 0 aromatic carbocycles. The number of hydrogen-bond donors (Lipinski definition) is 3. The van der Waals surface area contributed by atoms with Crippen LogP contribution in [0.25, 0.3) is 0 Å². The van der Waals surface area contributed by atoms with E-state index in [9.17, 15) is 23.4 Å². The Balaban J connectivity index is 1.61. The van der Waals surface area contributed by atoms with Gasteiger partial charge in [-0.05, 0) is 18.9 Å². The zero-order valence-electron chi connectivity index (χ0n) is 15.4. The van der Waals surface area contributed by atoms with Gasteiger partial charge < -0.3 is 20.3 Å². The van der Waals surface area contributed by atoms with Crippen LogP contribution >= 0.6 is 0 Å². The van der Waals surface area contributed by atoms with Crippen LogP contribution in [0.2, 0.25) is 0 Å². The van der Waals surface area contributed by atoms with Crippen molar-refractivity contribution in [3.8, 4) is 5.88 Å². The van der Waals surface area contributed by atoms with E-state index in [2.05, 4.69) is 15.4 Å². The third-order valence-corrected chi connectivity index (χ3v) is 4.91. The van der Waals surface area contributed by atoms with Crippen LogP contribution in [0, 0.1) is 5.41 Å². The number of pyridine rings is 1. The summed E-state index contributed by atoms with van der Waals surface area (Å²) in [7, 11) is 1.82. The number of hydrogen-bond acceptors (Lipinski definition) is 6. The zero-order chi connectivity index (χ0) is 20.4. The Morgan fingerprint density at radius 2 is 1.96 bits per heavy atom. The van der Waals surface area contributed by atoms with Crippen LogP contribution in [0.15, 0.2) is 30.7 Å². The first-order valence-corrected chi connectivity index (χ1v) is 8.87. The van der Waals surface area contributed by atoms with Gasteiger partial charge in [0.1, 0.15) is 0 Å². The highest BCUT2D eigenvalue weighted by Gasteiger charge is 2.44. The Labute approximate surface area is 160 Å². The quantitative estimate of drug-likeness (QED) is 0.653. The van der Waals surface area contributed by atoms with Gasteiger partial charge in [0.15, 0.2) is 0 Å². The zero-order valence-corrected chi connectivity index (χ0v) is 15.4. The van der Waals surface area contributed by atoms with Gasteiger partial charge in [-0.1, -0.05) is 0 Å². The maximum Gasteiger partial charge on any atom is 0.417 e. The molecule has 0 saturated heterocycles. The van der Waals surface area contributed by atoms with Gasteiger partial charge in [0.2, 0.25) is 5.88 Å². The van der Waals surface area contributed by atoms with Crippen molar-refractivity contribution in [3.63, 3.8) is 0 Å². The van der Waals surface area contributed by atoms with E-state index in [0.29, 0.717) is 25.9 Å². The number of aliphatic hydroxyl groups excluding tert-OH is 2. The summed E-state index contributed by atoms with van der Waals surface area (Å²) in [6, 6.07) is 2.08. The first kappa shape index (κ1) is 20.6. The molecule has 3 N–H and O–H groups in total. The SMILES string of the molecule is Cn1cc(CNCC2(COc3ccc(C(F)(F)F)cn3)C[C@@H](O)[C@@H](O)C2)cn1. The topological polar surface area (TPSA) is 92.4 Å². The number of ether oxygens (including phenoxy) is 1. The molecule has 2 aromatic heterocycles. The Morgan fingerprint density at radius 1 is 1.25 bits per heavy atom. The molecule has 2 heterocycles. The summed E-state index contributed by atoms with van der Waals surface area (Å²) in [6.45, 7) is 1.12. The minimum atomic E-state index is -4.46. The largest absolute Gasteiger partial charge is 0.477 e. The normalized spacial score (nSPS) is 25.2. The summed E-state index contributed by atoms with van der Waals surface area (Å²) in [4.78, 5) is 3.71. The predicted octanol–water partition coefficient (Wildman–Crippen LogP) is 1.50. The molecule has 0 spiro atoms. The molecule has 0 radical (unpaired) electrons. The molecule has 0 amide bonds. The van der Waals surface area contributed by atoms with E-state index in [4.69, 9.17) is 4.74 Å². The average Bonchev–Trinajstić information content (AvgIpc) is 3.16. The van der Waals surface area contributed by atoms with Gasteiger partial charge in [-0.2, -0.15) is 18.3 Å². The van der Waals surface area contributed by atoms with Crippen molar-refractivity contribution in [1.29, 1.82) is 0 Å². The Morgan fingerprint density at radius 3 is 2.50 bits per heavy atom. The highest BCUT2D eigenvalue weighted by Crippen LogP contribution is 2.39. The van der Waals surface area contributed by atoms with Crippen molar-refractivity contribution in [3.05, 3.63) is 41.9 Å². The minimum Gasteiger partial charge on any atom is -0.477 e. The number of aryl methyl sites for hydroxylation is 1. The van der Waals surface area contributed by atoms with Gasteiger partial charge in [-0.3, -0.25) is 4.68 Å². The van der Waals surface area contributed by atoms with E-state index in [1.54, 1.807) is 10.9 Å². The number of aromatic nitrogens is 3. The Bertz CT molecular complexity index is 769. The maximum atomic E-state index is 12.6. The van der Waals surface area contributed by atoms with Gasteiger partial charge in [0, 0.05) is 49.6 Å². The second-order valence-electron chi connectivity index (χ2n) is 7.34. The van der Waals surface area contributed by atoms with Crippen LogP contribution in [0.5, 0.6) is 5.88 Å². The molecule has 28 heavy (non-hydrogen) atoms. The van der Waals surface area contributed by atoms with Gasteiger partial charge in [-0.25, -0.2) is 4.98 Å². The van der Waals surface area contributed by atoms with Gasteiger partial charge >= 0.3 is 6.18 Å². The summed E-state index contributed by atoms with van der Waals surface area (Å²) in [5.41, 5.74) is -0.424. The summed E-state index contributed by atoms with van der Waals surface area (Å²) in [5, 5.41) is 27.3. The third-order valence-electron chi connectivity index (χ3n) is 4.91. The van der Waals surface area contributed by atoms with Crippen molar-refractivity contribution >= 4 is 0 Å². The van der Waals surface area contributed by atoms with Gasteiger partial charge in [-0.15, -0.1) is 0 Å². The predicted molar refractivity (Wildman–Crippen MR) is 93.3 cm³/mol. The van der Waals surface area contributed by atoms with Gasteiger partial charge in [0.05, 0.1) is 30.6 Å². The third kappa shape index (κ3) is 5.00. The fourth-order valence-corrected chi connectivity index (χ4v) is 3.45. The molecule has 1 aliphatic carbocycles. The minimum absolute atomic E-state index is 0.0653. The molecule has 7 nitrogen and oxygen atoms in total. The van der Waals surface area contributed by atoms with Crippen LogP contribution in [0.3, 0.4) is 0 Å². The van der Waals surface area contributed by atoms with Crippen LogP contribution in [-0.2, 0) is 19.8 Å². The van der Waals surface area contributed by atoms with E-state index >= 15 is 0 Å². The Kier molecular flexibility index (Phi) is 5.92. The van der Waals surface area contributed by atoms with Crippen LogP contribution in [0.4, 0.5) is 13.2 Å². The van der Waals surface area contributed by atoms with E-state index < -0.39 is 29.4 Å². The number of aliphatic hydroxyl groups is 2. The van der Waals surface area contributed by atoms with E-state index in [1.807, 2.05) is 13.2 Å². The number of alkyl halides is 3. The summed E-state index contributed by atoms with van der Waals surface area (Å²) in [5.74, 6) is 0.0653. The second-order valence-corrected chi connectivity index (χ2v) is 7.34. The lowest BCUT2D eigenvalue weighted by Crippen LogP contribution is -2.38. The van der Waals surface area contributed by atoms with Crippen molar-refractivity contribution in [2.24, 2.45) is 12.5 Å². The average molecular weight is 400 g/mol. The van der Waals surface area contributed by atoms with E-state index in [-0.39, 0.29) is 12.5 Å². The first-order chi connectivity index (χ1) is 13.2. The molecule has 1 aliphatic rings. The molecule has 1 saturated carbocycles. The van der Waals surface area contributed by atoms with Crippen LogP contribution < -0.4 is 10.1 Å². The molecule has 154 valence electrons. The lowest BCUT2D eigenvalue weighted by Gasteiger charge is -2.29. The molecule has 1 fully saturated rings. The standard InChI is InChI=1S/C18H23F3N4O3/c1-25-9-12(7-24-25)6-22-10-17(4-14(26)15(27)5-17)11-28-16-3-2-13(8-23-16)18(19,20)21/h2-3,7-9,14-15,22,26-27H,4-6,10-11H2,1H3/t14-,15+,17?. The number of rotatable bonds is 7. The Hall–Kier alpha value is -2.17. The fraction of sp³-hybridized carbons (Fsp3) is 0.556. The molecule has 3 atom stereocenters. The van der Waals surface area contributed by atoms with Crippen LogP contribution in [-0.4, -0.2) is 50.3 Å². The molecular formula is C18H23F3N4O3. The van der Waals surface area contributed by atoms with Crippen molar-refractivity contribution in [2.45, 2.75) is 37.8 Å². The lowest BCUT2D eigenvalue weighted by atomic mass is 9.86. The monoisotopic (exact) mass is 400 g/mol. The highest BCUT2D eigenvalue weighted by atomic mass is 19.4. The maximum absolute atomic E-state index is 12.6. The highest BCUT2D eigenvalue weighted by molar-refractivity contribution is 5.20. The summed E-state index contributed by atoms with van der Waals surface area (Å²) in [6.07, 6.45) is -1.23. The fourth-order valence-electron chi connectivity index (χ4n) is 3.45. The molecule has 0 aliphatic heterocycles.